The number of aliphatic hydroxyl groups is 3. The molecule has 0 bridgehead atoms. The van der Waals surface area contributed by atoms with Gasteiger partial charge in [0.2, 0.25) is 5.91 Å². The van der Waals surface area contributed by atoms with Crippen LogP contribution in [-0.4, -0.2) is 64.6 Å². The highest BCUT2D eigenvalue weighted by Crippen LogP contribution is 2.26. The Morgan fingerprint density at radius 1 is 1.00 bits per heavy atom. The second-order valence-electron chi connectivity index (χ2n) is 7.89. The topological polar surface area (TPSA) is 108 Å². The molecule has 0 aromatic carbocycles. The Morgan fingerprint density at radius 2 is 1.57 bits per heavy atom. The van der Waals surface area contributed by atoms with Crippen LogP contribution in [0, 0.1) is 0 Å². The number of hydrogen-bond acceptors (Lipinski definition) is 6. The third-order valence-electron chi connectivity index (χ3n) is 5.34. The van der Waals surface area contributed by atoms with Gasteiger partial charge in [0.15, 0.2) is 6.29 Å². The maximum atomic E-state index is 11.6. The fourth-order valence-corrected chi connectivity index (χ4v) is 3.65. The molecule has 0 aromatic heterocycles. The fourth-order valence-electron chi connectivity index (χ4n) is 3.65. The number of amides is 1. The lowest BCUT2D eigenvalue weighted by atomic mass is 9.96. The minimum absolute atomic E-state index is 0.0447. The molecule has 166 valence electrons. The summed E-state index contributed by atoms with van der Waals surface area (Å²) >= 11 is 0. The molecule has 1 aliphatic rings. The zero-order valence-corrected chi connectivity index (χ0v) is 17.8. The van der Waals surface area contributed by atoms with E-state index >= 15 is 0 Å². The van der Waals surface area contributed by atoms with Crippen molar-refractivity contribution in [2.45, 2.75) is 122 Å². The SMILES string of the molecule is CCCCCCC(CCCCCC)OC1OC(CO)C(O)C(O)C1NC(C)=O. The number of ether oxygens (including phenoxy) is 2. The van der Waals surface area contributed by atoms with E-state index in [1.165, 1.54) is 32.6 Å². The Labute approximate surface area is 169 Å². The van der Waals surface area contributed by atoms with E-state index in [1.807, 2.05) is 0 Å². The highest BCUT2D eigenvalue weighted by atomic mass is 16.7. The molecule has 5 unspecified atom stereocenters. The van der Waals surface area contributed by atoms with Gasteiger partial charge in [-0.15, -0.1) is 0 Å². The Balaban J connectivity index is 2.77. The lowest BCUT2D eigenvalue weighted by Gasteiger charge is -2.43. The summed E-state index contributed by atoms with van der Waals surface area (Å²) in [5.41, 5.74) is 0. The van der Waals surface area contributed by atoms with Crippen molar-refractivity contribution in [3.8, 4) is 0 Å². The Morgan fingerprint density at radius 3 is 2.04 bits per heavy atom. The van der Waals surface area contributed by atoms with Crippen LogP contribution in [0.4, 0.5) is 0 Å². The van der Waals surface area contributed by atoms with Gasteiger partial charge in [-0.25, -0.2) is 0 Å². The van der Waals surface area contributed by atoms with Gasteiger partial charge in [0.05, 0.1) is 12.7 Å². The summed E-state index contributed by atoms with van der Waals surface area (Å²) in [4.78, 5) is 11.6. The second-order valence-corrected chi connectivity index (χ2v) is 7.89. The highest BCUT2D eigenvalue weighted by molar-refractivity contribution is 5.73. The quantitative estimate of drug-likeness (QED) is 0.331. The molecule has 4 N–H and O–H groups in total. The molecule has 7 heteroatoms. The number of aliphatic hydroxyl groups excluding tert-OH is 3. The summed E-state index contributed by atoms with van der Waals surface area (Å²) in [6, 6.07) is -0.871. The molecule has 1 saturated heterocycles. The molecule has 1 amide bonds. The number of carbonyl (C=O) groups is 1. The molecule has 1 fully saturated rings. The van der Waals surface area contributed by atoms with E-state index in [-0.39, 0.29) is 12.0 Å². The lowest BCUT2D eigenvalue weighted by Crippen LogP contribution is -2.65. The van der Waals surface area contributed by atoms with Crippen molar-refractivity contribution in [3.63, 3.8) is 0 Å². The average molecular weight is 404 g/mol. The van der Waals surface area contributed by atoms with E-state index in [1.54, 1.807) is 0 Å². The van der Waals surface area contributed by atoms with Gasteiger partial charge in [-0.2, -0.15) is 0 Å². The first kappa shape index (κ1) is 25.3. The maximum absolute atomic E-state index is 11.6. The van der Waals surface area contributed by atoms with Gasteiger partial charge in [-0.05, 0) is 12.8 Å². The lowest BCUT2D eigenvalue weighted by molar-refractivity contribution is -0.283. The molecular weight excluding hydrogens is 362 g/mol. The first-order valence-electron chi connectivity index (χ1n) is 11.0. The Bertz CT molecular complexity index is 410. The number of rotatable bonds is 14. The summed E-state index contributed by atoms with van der Waals surface area (Å²) in [6.07, 6.45) is 6.46. The van der Waals surface area contributed by atoms with Gasteiger partial charge in [0.1, 0.15) is 24.4 Å². The molecule has 7 nitrogen and oxygen atoms in total. The molecule has 0 spiro atoms. The zero-order valence-electron chi connectivity index (χ0n) is 17.8. The van der Waals surface area contributed by atoms with Crippen LogP contribution in [0.15, 0.2) is 0 Å². The Hall–Kier alpha value is -0.730. The average Bonchev–Trinajstić information content (AvgIpc) is 2.67. The Kier molecular flexibility index (Phi) is 12.9. The first-order valence-corrected chi connectivity index (χ1v) is 11.0. The third-order valence-corrected chi connectivity index (χ3v) is 5.34. The van der Waals surface area contributed by atoms with Gasteiger partial charge < -0.3 is 30.1 Å². The van der Waals surface area contributed by atoms with Crippen LogP contribution in [0.25, 0.3) is 0 Å². The molecule has 1 rings (SSSR count). The molecule has 1 heterocycles. The molecule has 28 heavy (non-hydrogen) atoms. The van der Waals surface area contributed by atoms with Crippen molar-refractivity contribution in [2.75, 3.05) is 6.61 Å². The molecule has 0 aromatic rings. The summed E-state index contributed by atoms with van der Waals surface area (Å²) in [6.45, 7) is 5.27. The van der Waals surface area contributed by atoms with Gasteiger partial charge >= 0.3 is 0 Å². The van der Waals surface area contributed by atoms with E-state index in [0.717, 1.165) is 38.5 Å². The fraction of sp³-hybridized carbons (Fsp3) is 0.952. The van der Waals surface area contributed by atoms with Crippen LogP contribution >= 0.6 is 0 Å². The van der Waals surface area contributed by atoms with Gasteiger partial charge in [-0.3, -0.25) is 4.79 Å². The molecule has 5 atom stereocenters. The summed E-state index contributed by atoms with van der Waals surface area (Å²) < 4.78 is 11.9. The van der Waals surface area contributed by atoms with E-state index < -0.39 is 37.3 Å². The predicted molar refractivity (Wildman–Crippen MR) is 108 cm³/mol. The number of carbonyl (C=O) groups excluding carboxylic acids is 1. The van der Waals surface area contributed by atoms with Crippen molar-refractivity contribution in [3.05, 3.63) is 0 Å². The van der Waals surface area contributed by atoms with E-state index in [4.69, 9.17) is 9.47 Å². The first-order chi connectivity index (χ1) is 13.4. The predicted octanol–water partition coefficient (Wildman–Crippen LogP) is 2.26. The van der Waals surface area contributed by atoms with E-state index in [2.05, 4.69) is 19.2 Å². The number of nitrogens with one attached hydrogen (secondary N) is 1. The van der Waals surface area contributed by atoms with Gasteiger partial charge in [0.25, 0.3) is 0 Å². The smallest absolute Gasteiger partial charge is 0.217 e. The van der Waals surface area contributed by atoms with Crippen molar-refractivity contribution in [1.29, 1.82) is 0 Å². The molecular formula is C21H41NO6. The monoisotopic (exact) mass is 403 g/mol. The standard InChI is InChI=1S/C21H41NO6/c1-4-6-8-10-12-16(13-11-9-7-5-2)27-21-18(22-15(3)24)20(26)19(25)17(14-23)28-21/h16-21,23,25-26H,4-14H2,1-3H3,(H,22,24). The summed E-state index contributed by atoms with van der Waals surface area (Å²) in [5.74, 6) is -0.335. The number of unbranched alkanes of at least 4 members (excludes halogenated alkanes) is 6. The van der Waals surface area contributed by atoms with Crippen LogP contribution in [0.1, 0.15) is 85.0 Å². The normalized spacial score (nSPS) is 27.9. The third kappa shape index (κ3) is 8.74. The van der Waals surface area contributed by atoms with Crippen molar-refractivity contribution >= 4 is 5.91 Å². The van der Waals surface area contributed by atoms with Crippen LogP contribution in [-0.2, 0) is 14.3 Å². The van der Waals surface area contributed by atoms with Crippen LogP contribution < -0.4 is 5.32 Å². The van der Waals surface area contributed by atoms with E-state index in [9.17, 15) is 20.1 Å². The van der Waals surface area contributed by atoms with Crippen LogP contribution in [0.2, 0.25) is 0 Å². The minimum Gasteiger partial charge on any atom is -0.394 e. The molecule has 1 aliphatic heterocycles. The summed E-state index contributed by atoms with van der Waals surface area (Å²) in [5, 5.41) is 32.7. The molecule has 0 aliphatic carbocycles. The maximum Gasteiger partial charge on any atom is 0.217 e. The zero-order chi connectivity index (χ0) is 20.9. The van der Waals surface area contributed by atoms with Crippen molar-refractivity contribution in [1.82, 2.24) is 5.32 Å². The van der Waals surface area contributed by atoms with Crippen molar-refractivity contribution in [2.24, 2.45) is 0 Å². The highest BCUT2D eigenvalue weighted by Gasteiger charge is 2.45. The van der Waals surface area contributed by atoms with E-state index in [0.29, 0.717) is 0 Å². The molecule has 0 radical (unpaired) electrons. The summed E-state index contributed by atoms with van der Waals surface area (Å²) in [7, 11) is 0. The number of hydrogen-bond donors (Lipinski definition) is 4. The minimum atomic E-state index is -1.28. The van der Waals surface area contributed by atoms with Gasteiger partial charge in [-0.1, -0.05) is 65.2 Å². The van der Waals surface area contributed by atoms with Crippen LogP contribution in [0.3, 0.4) is 0 Å². The van der Waals surface area contributed by atoms with Crippen LogP contribution in [0.5, 0.6) is 0 Å². The second kappa shape index (κ2) is 14.3. The molecule has 0 saturated carbocycles. The largest absolute Gasteiger partial charge is 0.394 e. The van der Waals surface area contributed by atoms with Gasteiger partial charge in [0, 0.05) is 6.92 Å². The van der Waals surface area contributed by atoms with Crippen molar-refractivity contribution < 1.29 is 29.6 Å².